The molecule has 1 aromatic heterocycles. The van der Waals surface area contributed by atoms with Crippen LogP contribution in [-0.4, -0.2) is 28.1 Å². The van der Waals surface area contributed by atoms with E-state index in [0.717, 1.165) is 23.4 Å². The molecule has 0 aliphatic carbocycles. The summed E-state index contributed by atoms with van der Waals surface area (Å²) in [5.74, 6) is 1.45. The lowest BCUT2D eigenvalue weighted by atomic mass is 10.1. The van der Waals surface area contributed by atoms with Crippen LogP contribution in [0, 0.1) is 0 Å². The summed E-state index contributed by atoms with van der Waals surface area (Å²) in [6, 6.07) is 5.89. The highest BCUT2D eigenvalue weighted by Crippen LogP contribution is 2.29. The molecule has 1 heterocycles. The van der Waals surface area contributed by atoms with Gasteiger partial charge in [0.2, 0.25) is 0 Å². The Hall–Kier alpha value is -2.08. The Balaban J connectivity index is 2.09. The van der Waals surface area contributed by atoms with Gasteiger partial charge in [0.25, 0.3) is 0 Å². The third-order valence-corrected chi connectivity index (χ3v) is 2.77. The highest BCUT2D eigenvalue weighted by atomic mass is 16.5. The number of aryl methyl sites for hydroxylation is 1. The van der Waals surface area contributed by atoms with Gasteiger partial charge in [0.15, 0.2) is 11.5 Å². The van der Waals surface area contributed by atoms with Crippen molar-refractivity contribution in [3.8, 4) is 11.5 Å². The average Bonchev–Trinajstić information content (AvgIpc) is 2.84. The minimum absolute atomic E-state index is 0.365. The number of hydrogen-bond acceptors (Lipinski definition) is 5. The van der Waals surface area contributed by atoms with Crippen molar-refractivity contribution in [3.63, 3.8) is 0 Å². The minimum atomic E-state index is 0.365. The van der Waals surface area contributed by atoms with Crippen LogP contribution < -0.4 is 15.2 Å². The smallest absolute Gasteiger partial charge is 0.161 e. The van der Waals surface area contributed by atoms with E-state index in [4.69, 9.17) is 15.2 Å². The second kappa shape index (κ2) is 6.91. The van der Waals surface area contributed by atoms with E-state index in [9.17, 15) is 0 Å². The van der Waals surface area contributed by atoms with E-state index in [-0.39, 0.29) is 0 Å². The first-order valence-electron chi connectivity index (χ1n) is 6.66. The molecule has 0 amide bonds. The van der Waals surface area contributed by atoms with Crippen LogP contribution in [0.4, 0.5) is 0 Å². The molecule has 6 nitrogen and oxygen atoms in total. The van der Waals surface area contributed by atoms with Gasteiger partial charge in [0, 0.05) is 7.05 Å². The minimum Gasteiger partial charge on any atom is -0.490 e. The van der Waals surface area contributed by atoms with Gasteiger partial charge in [0.05, 0.1) is 12.8 Å². The molecule has 0 aliphatic heterocycles. The summed E-state index contributed by atoms with van der Waals surface area (Å²) in [4.78, 5) is 0. The monoisotopic (exact) mass is 276 g/mol. The normalized spacial score (nSPS) is 10.6. The summed E-state index contributed by atoms with van der Waals surface area (Å²) < 4.78 is 13.0. The predicted octanol–water partition coefficient (Wildman–Crippen LogP) is 1.29. The molecule has 0 bridgehead atoms. The van der Waals surface area contributed by atoms with E-state index in [1.807, 2.05) is 38.4 Å². The van der Waals surface area contributed by atoms with Crippen LogP contribution in [0.25, 0.3) is 0 Å². The third kappa shape index (κ3) is 3.71. The molecule has 2 rings (SSSR count). The maximum atomic E-state index is 5.75. The third-order valence-electron chi connectivity index (χ3n) is 2.77. The first-order valence-corrected chi connectivity index (χ1v) is 6.66. The number of nitrogens with two attached hydrogens (primary N) is 1. The largest absolute Gasteiger partial charge is 0.490 e. The lowest BCUT2D eigenvalue weighted by Gasteiger charge is -2.12. The number of hydrogen-bond donors (Lipinski definition) is 1. The van der Waals surface area contributed by atoms with E-state index in [2.05, 4.69) is 10.3 Å². The van der Waals surface area contributed by atoms with Crippen molar-refractivity contribution in [3.05, 3.63) is 35.7 Å². The highest BCUT2D eigenvalue weighted by Gasteiger charge is 2.08. The molecule has 1 aromatic carbocycles. The summed E-state index contributed by atoms with van der Waals surface area (Å²) in [5.41, 5.74) is 7.49. The molecule has 2 N–H and O–H groups in total. The lowest BCUT2D eigenvalue weighted by Crippen LogP contribution is -2.04. The second-order valence-electron chi connectivity index (χ2n) is 4.42. The van der Waals surface area contributed by atoms with Gasteiger partial charge in [-0.2, -0.15) is 0 Å². The van der Waals surface area contributed by atoms with Gasteiger partial charge >= 0.3 is 0 Å². The van der Waals surface area contributed by atoms with Crippen molar-refractivity contribution in [1.82, 2.24) is 15.0 Å². The Labute approximate surface area is 118 Å². The maximum absolute atomic E-state index is 5.75. The summed E-state index contributed by atoms with van der Waals surface area (Å²) in [6.07, 6.45) is 2.65. The van der Waals surface area contributed by atoms with E-state index >= 15 is 0 Å². The summed E-state index contributed by atoms with van der Waals surface area (Å²) in [6.45, 7) is 3.52. The summed E-state index contributed by atoms with van der Waals surface area (Å²) in [7, 11) is 1.82. The molecule has 20 heavy (non-hydrogen) atoms. The van der Waals surface area contributed by atoms with Gasteiger partial charge in [-0.25, -0.2) is 0 Å². The van der Waals surface area contributed by atoms with Gasteiger partial charge in [-0.1, -0.05) is 11.3 Å². The van der Waals surface area contributed by atoms with Crippen LogP contribution in [0.2, 0.25) is 0 Å². The zero-order chi connectivity index (χ0) is 14.4. The molecule has 0 fully saturated rings. The average molecular weight is 276 g/mol. The molecule has 0 atom stereocenters. The second-order valence-corrected chi connectivity index (χ2v) is 4.42. The fourth-order valence-corrected chi connectivity index (χ4v) is 1.88. The van der Waals surface area contributed by atoms with Gasteiger partial charge in [-0.15, -0.1) is 5.10 Å². The summed E-state index contributed by atoms with van der Waals surface area (Å²) >= 11 is 0. The van der Waals surface area contributed by atoms with Crippen LogP contribution in [-0.2, 0) is 20.1 Å². The number of nitrogens with zero attached hydrogens (tertiary/aromatic N) is 3. The lowest BCUT2D eigenvalue weighted by molar-refractivity contribution is 0.266. The Morgan fingerprint density at radius 2 is 2.10 bits per heavy atom. The van der Waals surface area contributed by atoms with E-state index in [1.165, 1.54) is 0 Å². The van der Waals surface area contributed by atoms with Crippen LogP contribution >= 0.6 is 0 Å². The molecule has 0 unspecified atom stereocenters. The Bertz CT molecular complexity index is 554. The Morgan fingerprint density at radius 1 is 1.25 bits per heavy atom. The fourth-order valence-electron chi connectivity index (χ4n) is 1.88. The Morgan fingerprint density at radius 3 is 2.75 bits per heavy atom. The molecule has 0 saturated carbocycles. The van der Waals surface area contributed by atoms with Crippen LogP contribution in [0.5, 0.6) is 11.5 Å². The molecule has 2 aromatic rings. The first kappa shape index (κ1) is 14.3. The van der Waals surface area contributed by atoms with Crippen molar-refractivity contribution >= 4 is 0 Å². The number of benzene rings is 1. The van der Waals surface area contributed by atoms with Crippen molar-refractivity contribution in [2.45, 2.75) is 20.0 Å². The molecular weight excluding hydrogens is 256 g/mol. The number of aromatic nitrogens is 3. The van der Waals surface area contributed by atoms with E-state index in [1.54, 1.807) is 4.68 Å². The van der Waals surface area contributed by atoms with E-state index < -0.39 is 0 Å². The molecule has 108 valence electrons. The zero-order valence-electron chi connectivity index (χ0n) is 11.9. The van der Waals surface area contributed by atoms with E-state index in [0.29, 0.717) is 25.5 Å². The predicted molar refractivity (Wildman–Crippen MR) is 75.7 cm³/mol. The first-order chi connectivity index (χ1) is 9.72. The van der Waals surface area contributed by atoms with Crippen molar-refractivity contribution in [2.24, 2.45) is 12.8 Å². The van der Waals surface area contributed by atoms with Crippen molar-refractivity contribution in [2.75, 3.05) is 13.2 Å². The fraction of sp³-hybridized carbons (Fsp3) is 0.429. The molecule has 6 heteroatoms. The van der Waals surface area contributed by atoms with Gasteiger partial charge in [-0.3, -0.25) is 4.68 Å². The molecule has 0 spiro atoms. The molecule has 0 radical (unpaired) electrons. The molecule has 0 aliphatic rings. The van der Waals surface area contributed by atoms with Gasteiger partial charge in [-0.05, 0) is 37.6 Å². The van der Waals surface area contributed by atoms with Crippen molar-refractivity contribution < 1.29 is 9.47 Å². The van der Waals surface area contributed by atoms with Crippen LogP contribution in [0.1, 0.15) is 18.2 Å². The quantitative estimate of drug-likeness (QED) is 0.825. The topological polar surface area (TPSA) is 75.2 Å². The van der Waals surface area contributed by atoms with Gasteiger partial charge in [0.1, 0.15) is 12.3 Å². The molecular formula is C14H20N4O2. The summed E-state index contributed by atoms with van der Waals surface area (Å²) in [5, 5.41) is 7.85. The zero-order valence-corrected chi connectivity index (χ0v) is 11.9. The van der Waals surface area contributed by atoms with Gasteiger partial charge < -0.3 is 15.2 Å². The van der Waals surface area contributed by atoms with Crippen LogP contribution in [0.3, 0.4) is 0 Å². The standard InChI is InChI=1S/C14H20N4O2/c1-3-19-14-8-11(6-7-15)4-5-13(14)20-10-12-9-18(2)17-16-12/h4-5,8-9H,3,6-7,10,15H2,1-2H3. The highest BCUT2D eigenvalue weighted by molar-refractivity contribution is 5.43. The van der Waals surface area contributed by atoms with Crippen LogP contribution in [0.15, 0.2) is 24.4 Å². The Kier molecular flexibility index (Phi) is 4.95. The number of ether oxygens (including phenoxy) is 2. The number of rotatable bonds is 7. The SMILES string of the molecule is CCOc1cc(CCN)ccc1OCc1cn(C)nn1. The molecule has 0 saturated heterocycles. The maximum Gasteiger partial charge on any atom is 0.161 e. The van der Waals surface area contributed by atoms with Crippen molar-refractivity contribution in [1.29, 1.82) is 0 Å².